The lowest BCUT2D eigenvalue weighted by Crippen LogP contribution is -2.11. The fourth-order valence-corrected chi connectivity index (χ4v) is 4.48. The van der Waals surface area contributed by atoms with Crippen LogP contribution in [0.4, 0.5) is 13.2 Å². The number of carbonyl (C=O) groups is 1. The summed E-state index contributed by atoms with van der Waals surface area (Å²) in [5, 5.41) is 0. The van der Waals surface area contributed by atoms with Crippen LogP contribution in [0.1, 0.15) is 30.5 Å². The molecule has 1 aliphatic rings. The number of alkyl halides is 3. The number of benzene rings is 2. The maximum Gasteiger partial charge on any atom is 0.417 e. The molecule has 0 aliphatic heterocycles. The molecule has 2 aromatic rings. The van der Waals surface area contributed by atoms with Gasteiger partial charge < -0.3 is 4.74 Å². The molecule has 7 heteroatoms. The van der Waals surface area contributed by atoms with Crippen molar-refractivity contribution in [1.82, 2.24) is 0 Å². The van der Waals surface area contributed by atoms with E-state index in [2.05, 4.69) is 31.9 Å². The van der Waals surface area contributed by atoms with E-state index in [4.69, 9.17) is 4.74 Å². The Hall–Kier alpha value is -1.60. The monoisotopic (exact) mass is 544 g/mol. The Bertz CT molecular complexity index is 992. The van der Waals surface area contributed by atoms with Crippen molar-refractivity contribution < 1.29 is 22.7 Å². The highest BCUT2D eigenvalue weighted by molar-refractivity contribution is 9.28. The highest BCUT2D eigenvalue weighted by Gasteiger charge is 2.61. The molecule has 0 spiro atoms. The third-order valence-electron chi connectivity index (χ3n) is 5.81. The standard InChI is InChI=1S/C23H21Br2F3O2/c1-13-14(12-30-21(29)20-18(11-19(24)25)22(20,2)3)7-6-9-15(13)16-8-4-5-10-17(16)23(26,27)28/h4-11,18,20H,12H2,1-3H3/t18-,20-/m0/s1. The first-order chi connectivity index (χ1) is 13.9. The van der Waals surface area contributed by atoms with Gasteiger partial charge in [0.1, 0.15) is 6.61 Å². The molecule has 0 heterocycles. The Balaban J connectivity index is 1.81. The summed E-state index contributed by atoms with van der Waals surface area (Å²) in [7, 11) is 0. The third-order valence-corrected chi connectivity index (χ3v) is 6.34. The molecule has 0 unspecified atom stereocenters. The van der Waals surface area contributed by atoms with E-state index in [1.807, 2.05) is 19.9 Å². The van der Waals surface area contributed by atoms with Gasteiger partial charge in [0.05, 0.1) is 14.9 Å². The molecule has 2 nitrogen and oxygen atoms in total. The summed E-state index contributed by atoms with van der Waals surface area (Å²) in [5.41, 5.74) is 1.06. The molecule has 0 amide bonds. The largest absolute Gasteiger partial charge is 0.461 e. The predicted molar refractivity (Wildman–Crippen MR) is 118 cm³/mol. The topological polar surface area (TPSA) is 26.3 Å². The van der Waals surface area contributed by atoms with Crippen LogP contribution >= 0.6 is 31.9 Å². The minimum Gasteiger partial charge on any atom is -0.461 e. The van der Waals surface area contributed by atoms with Gasteiger partial charge in [-0.25, -0.2) is 0 Å². The normalized spacial score (nSPS) is 19.9. The van der Waals surface area contributed by atoms with E-state index < -0.39 is 11.7 Å². The van der Waals surface area contributed by atoms with Crippen molar-refractivity contribution >= 4 is 37.8 Å². The van der Waals surface area contributed by atoms with Crippen LogP contribution in [-0.2, 0) is 22.3 Å². The minimum atomic E-state index is -4.45. The average Bonchev–Trinajstić information content (AvgIpc) is 3.19. The van der Waals surface area contributed by atoms with E-state index in [1.165, 1.54) is 12.1 Å². The maximum atomic E-state index is 13.4. The van der Waals surface area contributed by atoms with Gasteiger partial charge in [0.15, 0.2) is 0 Å². The van der Waals surface area contributed by atoms with Gasteiger partial charge in [-0.2, -0.15) is 13.2 Å². The molecule has 2 aromatic carbocycles. The molecule has 160 valence electrons. The summed E-state index contributed by atoms with van der Waals surface area (Å²) in [6, 6.07) is 10.6. The van der Waals surface area contributed by atoms with Gasteiger partial charge in [0, 0.05) is 0 Å². The zero-order valence-electron chi connectivity index (χ0n) is 16.7. The summed E-state index contributed by atoms with van der Waals surface area (Å²) >= 11 is 6.65. The molecule has 0 bridgehead atoms. The second kappa shape index (κ2) is 8.50. The Morgan fingerprint density at radius 3 is 2.37 bits per heavy atom. The molecule has 1 aliphatic carbocycles. The van der Waals surface area contributed by atoms with E-state index in [1.54, 1.807) is 31.2 Å². The number of esters is 1. The third kappa shape index (κ3) is 4.67. The van der Waals surface area contributed by atoms with Crippen molar-refractivity contribution in [2.45, 2.75) is 33.6 Å². The first kappa shape index (κ1) is 23.1. The highest BCUT2D eigenvalue weighted by atomic mass is 79.9. The molecule has 1 saturated carbocycles. The van der Waals surface area contributed by atoms with Crippen LogP contribution in [0.3, 0.4) is 0 Å². The van der Waals surface area contributed by atoms with Crippen LogP contribution in [0, 0.1) is 24.2 Å². The van der Waals surface area contributed by atoms with Crippen LogP contribution in [0.25, 0.3) is 11.1 Å². The van der Waals surface area contributed by atoms with Gasteiger partial charge in [-0.1, -0.05) is 56.3 Å². The van der Waals surface area contributed by atoms with Crippen LogP contribution in [0.5, 0.6) is 0 Å². The van der Waals surface area contributed by atoms with Crippen molar-refractivity contribution in [1.29, 1.82) is 0 Å². The number of carbonyl (C=O) groups excluding carboxylic acids is 1. The van der Waals surface area contributed by atoms with E-state index in [9.17, 15) is 18.0 Å². The molecule has 0 radical (unpaired) electrons. The van der Waals surface area contributed by atoms with E-state index in [0.717, 1.165) is 9.46 Å². The smallest absolute Gasteiger partial charge is 0.417 e. The van der Waals surface area contributed by atoms with E-state index in [-0.39, 0.29) is 35.4 Å². The van der Waals surface area contributed by atoms with E-state index in [0.29, 0.717) is 16.7 Å². The number of ether oxygens (including phenoxy) is 1. The SMILES string of the molecule is Cc1c(COC(=O)[C@@H]2[C@H](C=C(Br)Br)C2(C)C)cccc1-c1ccccc1C(F)(F)F. The molecule has 0 saturated heterocycles. The lowest BCUT2D eigenvalue weighted by Gasteiger charge is -2.16. The zero-order valence-corrected chi connectivity index (χ0v) is 19.9. The summed E-state index contributed by atoms with van der Waals surface area (Å²) in [6.45, 7) is 5.78. The molecule has 30 heavy (non-hydrogen) atoms. The Morgan fingerprint density at radius 1 is 1.10 bits per heavy atom. The van der Waals surface area contributed by atoms with Crippen LogP contribution in [0.2, 0.25) is 0 Å². The second-order valence-electron chi connectivity index (χ2n) is 8.02. The molecular weight excluding hydrogens is 525 g/mol. The summed E-state index contributed by atoms with van der Waals surface area (Å²) < 4.78 is 46.6. The van der Waals surface area contributed by atoms with Crippen molar-refractivity contribution in [3.63, 3.8) is 0 Å². The summed E-state index contributed by atoms with van der Waals surface area (Å²) in [4.78, 5) is 12.6. The minimum absolute atomic E-state index is 0.0190. The Kier molecular flexibility index (Phi) is 6.54. The molecule has 1 fully saturated rings. The fourth-order valence-electron chi connectivity index (χ4n) is 3.91. The molecule has 0 aromatic heterocycles. The highest BCUT2D eigenvalue weighted by Crippen LogP contribution is 2.60. The zero-order chi connectivity index (χ0) is 22.3. The lowest BCUT2D eigenvalue weighted by atomic mass is 9.93. The summed E-state index contributed by atoms with van der Waals surface area (Å²) in [5.74, 6) is -0.495. The number of hydrogen-bond donors (Lipinski definition) is 0. The second-order valence-corrected chi connectivity index (χ2v) is 10.8. The van der Waals surface area contributed by atoms with Gasteiger partial charge in [-0.3, -0.25) is 4.79 Å². The van der Waals surface area contributed by atoms with Crippen LogP contribution in [-0.4, -0.2) is 5.97 Å². The molecule has 2 atom stereocenters. The van der Waals surface area contributed by atoms with Gasteiger partial charge in [-0.15, -0.1) is 0 Å². The molecular formula is C23H21Br2F3O2. The maximum absolute atomic E-state index is 13.4. The average molecular weight is 546 g/mol. The predicted octanol–water partition coefficient (Wildman–Crippen LogP) is 7.63. The van der Waals surface area contributed by atoms with Crippen LogP contribution < -0.4 is 0 Å². The summed E-state index contributed by atoms with van der Waals surface area (Å²) in [6.07, 6.45) is -2.51. The number of halogens is 5. The van der Waals surface area contributed by atoms with Gasteiger partial charge in [0.25, 0.3) is 0 Å². The van der Waals surface area contributed by atoms with Gasteiger partial charge in [-0.05, 0) is 78.4 Å². The van der Waals surface area contributed by atoms with Crippen molar-refractivity contribution in [3.8, 4) is 11.1 Å². The Morgan fingerprint density at radius 2 is 1.73 bits per heavy atom. The first-order valence-corrected chi connectivity index (χ1v) is 11.0. The lowest BCUT2D eigenvalue weighted by molar-refractivity contribution is -0.147. The first-order valence-electron chi connectivity index (χ1n) is 9.39. The van der Waals surface area contributed by atoms with Gasteiger partial charge >= 0.3 is 12.1 Å². The van der Waals surface area contributed by atoms with Crippen molar-refractivity contribution in [2.24, 2.45) is 17.3 Å². The Labute approximate surface area is 190 Å². The number of rotatable bonds is 5. The number of hydrogen-bond acceptors (Lipinski definition) is 2. The molecule has 3 rings (SSSR count). The molecule has 0 N–H and O–H groups in total. The van der Waals surface area contributed by atoms with E-state index >= 15 is 0 Å². The van der Waals surface area contributed by atoms with Crippen molar-refractivity contribution in [2.75, 3.05) is 0 Å². The fraction of sp³-hybridized carbons (Fsp3) is 0.348. The van der Waals surface area contributed by atoms with Crippen molar-refractivity contribution in [3.05, 3.63) is 68.6 Å². The number of allylic oxidation sites excluding steroid dienone is 1. The van der Waals surface area contributed by atoms with Gasteiger partial charge in [0.2, 0.25) is 0 Å². The van der Waals surface area contributed by atoms with Crippen LogP contribution in [0.15, 0.2) is 51.9 Å². The quantitative estimate of drug-likeness (QED) is 0.361.